The summed E-state index contributed by atoms with van der Waals surface area (Å²) in [6, 6.07) is 55.8. The van der Waals surface area contributed by atoms with E-state index in [4.69, 9.17) is 30.0 Å². The molecule has 2 aliphatic rings. The predicted molar refractivity (Wildman–Crippen MR) is 326 cm³/mol. The summed E-state index contributed by atoms with van der Waals surface area (Å²) < 4.78 is 8.51. The van der Waals surface area contributed by atoms with Crippen LogP contribution in [0.15, 0.2) is 228 Å². The van der Waals surface area contributed by atoms with Crippen LogP contribution in [0, 0.1) is 6.67 Å². The first-order chi connectivity index (χ1) is 40.0. The molecule has 9 heterocycles. The number of nitrogens with zero attached hydrogens (tertiary/aromatic N) is 9. The van der Waals surface area contributed by atoms with Crippen LogP contribution in [0.25, 0.3) is 105 Å². The Hall–Kier alpha value is -7.54. The molecule has 13 aromatic rings. The molecule has 0 saturated heterocycles. The topological polar surface area (TPSA) is 159 Å². The Kier molecular flexibility index (Phi) is 19.9. The van der Waals surface area contributed by atoms with Gasteiger partial charge in [-0.25, -0.2) is 9.98 Å². The molecule has 0 saturated carbocycles. The number of imidazole rings is 1. The maximum atomic E-state index is 8.35. The molecule has 0 fully saturated rings. The van der Waals surface area contributed by atoms with Crippen molar-refractivity contribution in [3.63, 3.8) is 0 Å². The molecule has 3 N–H and O–H groups in total. The molecule has 0 spiro atoms. The zero-order valence-corrected chi connectivity index (χ0v) is 50.1. The fourth-order valence-electron chi connectivity index (χ4n) is 9.40. The standard InChI is InChI=1S/2C20H14N4.C17H11BrN2.C3H4N2.CHO.3ClH.2Pt/c2*1-2-10-22-17(8-1)16-7-3-5-14-15-6-4-9-18(20(15)23-19(14)16)24-12-11-21-13-24;18-14-8-4-6-12-11-5-3-7-13(16(11)20-17(12)14)15-9-1-2-10-19-15;1-2-5-3-4-1;1-2;;;;;/h1-13,23H;1-13,21H;1-10,20H;1,3H,2H2;1H;3*1H;;/q;-2;;;-1;;;;+1;+2/p-3/i;;;;1D;;;;;. The second kappa shape index (κ2) is 28.6. The molecule has 0 radical (unpaired) electrons. The average Bonchev–Trinajstić information content (AvgIpc) is 4.59. The van der Waals surface area contributed by atoms with Crippen molar-refractivity contribution < 1.29 is 41.4 Å². The molecule has 0 amide bonds. The number of pyridine rings is 3. The Balaban J connectivity index is 0.000000133. The van der Waals surface area contributed by atoms with Crippen molar-refractivity contribution >= 4 is 135 Å². The van der Waals surface area contributed by atoms with Gasteiger partial charge in [0.15, 0.2) is 0 Å². The summed E-state index contributed by atoms with van der Waals surface area (Å²) in [4.78, 5) is 47.5. The molecular weight excluding hydrogens is 1490 g/mol. The van der Waals surface area contributed by atoms with Crippen LogP contribution in [0.3, 0.4) is 0 Å². The van der Waals surface area contributed by atoms with Crippen molar-refractivity contribution in [2.75, 3.05) is 11.4 Å². The SMILES string of the molecule is Brc1cccc2c1[nH]c1c(-c3ccccn3)cccc12.C1=CN(c2cccc3c2[n-]c2c(-c4ccccn4)cccc23)[CH-]N1.C1=NC=NC1.[2H][C-]=O.[Cl][Pt].[Cl][Pt][Cl].c1ccc(-c2cccc3c2[nH]c2c(-n4ccnc4)cccc23)nc1. The minimum atomic E-state index is -0.472. The molecule has 0 atom stereocenters. The minimum Gasteiger partial charge on any atom is -0.352 e. The Morgan fingerprint density at radius 3 is 1.61 bits per heavy atom. The van der Waals surface area contributed by atoms with E-state index < -0.39 is 16.5 Å². The van der Waals surface area contributed by atoms with E-state index in [0.717, 1.165) is 107 Å². The maximum Gasteiger partial charge on any atom is 0.0992 e. The quantitative estimate of drug-likeness (QED) is 0.113. The summed E-state index contributed by atoms with van der Waals surface area (Å²) in [7, 11) is 14.4. The monoisotopic (exact) mass is 1540 g/mol. The Morgan fingerprint density at radius 1 is 0.613 bits per heavy atom. The van der Waals surface area contributed by atoms with E-state index in [1.807, 2.05) is 109 Å². The summed E-state index contributed by atoms with van der Waals surface area (Å²) in [6.07, 6.45) is 18.3. The first-order valence-corrected chi connectivity index (χ1v) is 33.5. The number of carbonyl (C=O) groups excluding carboxylic acids is 1. The van der Waals surface area contributed by atoms with Crippen molar-refractivity contribution in [3.8, 4) is 39.5 Å². The number of benzene rings is 6. The first-order valence-electron chi connectivity index (χ1n) is 24.7. The number of aromatic amines is 2. The van der Waals surface area contributed by atoms with Crippen molar-refractivity contribution in [1.82, 2.24) is 44.8 Å². The van der Waals surface area contributed by atoms with Crippen LogP contribution in [0.5, 0.6) is 0 Å². The van der Waals surface area contributed by atoms with Crippen LogP contribution in [-0.4, -0.2) is 60.3 Å². The second-order valence-electron chi connectivity index (χ2n) is 17.0. The van der Waals surface area contributed by atoms with Gasteiger partial charge in [0.2, 0.25) is 0 Å². The number of hydrogen-bond acceptors (Lipinski definition) is 9. The number of halogens is 4. The summed E-state index contributed by atoms with van der Waals surface area (Å²) in [6.45, 7) is 3.45. The van der Waals surface area contributed by atoms with E-state index in [1.165, 1.54) is 21.5 Å². The van der Waals surface area contributed by atoms with E-state index in [0.29, 0.717) is 0 Å². The molecule has 19 heteroatoms. The molecule has 15 rings (SSSR count). The number of para-hydroxylation sites is 6. The summed E-state index contributed by atoms with van der Waals surface area (Å²) in [5.41, 5.74) is 14.8. The van der Waals surface area contributed by atoms with E-state index >= 15 is 0 Å². The maximum absolute atomic E-state index is 8.35. The minimum absolute atomic E-state index is 0.472. The van der Waals surface area contributed by atoms with Crippen LogP contribution in [0.2, 0.25) is 0 Å². The Labute approximate surface area is 502 Å². The van der Waals surface area contributed by atoms with Crippen LogP contribution < -0.4 is 15.2 Å². The van der Waals surface area contributed by atoms with Crippen LogP contribution in [0.4, 0.5) is 5.69 Å². The number of H-pyrrole nitrogens is 2. The zero-order chi connectivity index (χ0) is 56.3. The molecule has 7 aromatic heterocycles. The summed E-state index contributed by atoms with van der Waals surface area (Å²) >= 11 is 4.75. The number of rotatable bonds is 5. The second-order valence-corrected chi connectivity index (χ2v) is 21.2. The fraction of sp³-hybridized carbons (Fsp3) is 0.0164. The molecule has 6 aromatic carbocycles. The number of aliphatic imine (C=N–C) groups is 2. The van der Waals surface area contributed by atoms with Gasteiger partial charge < -0.3 is 34.5 Å². The van der Waals surface area contributed by atoms with Gasteiger partial charge >= 0.3 is 63.5 Å². The number of anilines is 1. The van der Waals surface area contributed by atoms with Crippen molar-refractivity contribution in [1.29, 1.82) is 0 Å². The summed E-state index contributed by atoms with van der Waals surface area (Å²) in [5.74, 6) is 0. The van der Waals surface area contributed by atoms with Gasteiger partial charge in [-0.2, -0.15) is 8.04 Å². The number of hydrogen-bond donors (Lipinski definition) is 3. The smallest absolute Gasteiger partial charge is 0.0992 e. The molecule has 13 nitrogen and oxygen atoms in total. The van der Waals surface area contributed by atoms with Crippen molar-refractivity contribution in [2.45, 2.75) is 0 Å². The number of nitrogens with one attached hydrogen (secondary N) is 3. The molecule has 80 heavy (non-hydrogen) atoms. The molecule has 0 bridgehead atoms. The predicted octanol–water partition coefficient (Wildman–Crippen LogP) is 15.6. The van der Waals surface area contributed by atoms with Crippen molar-refractivity contribution in [3.05, 3.63) is 225 Å². The van der Waals surface area contributed by atoms with Gasteiger partial charge in [0.1, 0.15) is 6.34 Å². The zero-order valence-electron chi connectivity index (χ0n) is 42.7. The largest absolute Gasteiger partial charge is 0.352 e. The molecule has 405 valence electrons. The molecule has 0 aliphatic carbocycles. The third kappa shape index (κ3) is 12.7. The van der Waals surface area contributed by atoms with Gasteiger partial charge in [-0.3, -0.25) is 26.7 Å². The third-order valence-corrected chi connectivity index (χ3v) is 13.4. The Morgan fingerprint density at radius 2 is 1.11 bits per heavy atom. The molecule has 0 unspecified atom stereocenters. The Bertz CT molecular complexity index is 4250. The number of aromatic nitrogens is 8. The first kappa shape index (κ1) is 55.8. The molecular formula is C61H44BrCl3N12OPt2-3. The van der Waals surface area contributed by atoms with Gasteiger partial charge in [0.25, 0.3) is 0 Å². The van der Waals surface area contributed by atoms with Gasteiger partial charge in [-0.1, -0.05) is 109 Å². The summed E-state index contributed by atoms with van der Waals surface area (Å²) in [5, 5.41) is 10.3. The van der Waals surface area contributed by atoms with E-state index in [1.54, 1.807) is 37.5 Å². The third-order valence-electron chi connectivity index (χ3n) is 12.7. The van der Waals surface area contributed by atoms with Gasteiger partial charge in [0.05, 0.1) is 57.7 Å². The van der Waals surface area contributed by atoms with Gasteiger partial charge in [-0.15, -0.1) is 11.0 Å². The van der Waals surface area contributed by atoms with E-state index in [2.05, 4.69) is 185 Å². The van der Waals surface area contributed by atoms with Crippen LogP contribution in [-0.2, 0) is 40.0 Å². The van der Waals surface area contributed by atoms with Gasteiger partial charge in [0, 0.05) is 74.3 Å². The van der Waals surface area contributed by atoms with E-state index in [9.17, 15) is 0 Å². The van der Waals surface area contributed by atoms with Crippen LogP contribution in [0.1, 0.15) is 1.37 Å². The average molecular weight is 1540 g/mol. The fourth-order valence-corrected chi connectivity index (χ4v) is 9.87. The van der Waals surface area contributed by atoms with Gasteiger partial charge in [-0.05, 0) is 105 Å². The van der Waals surface area contributed by atoms with Crippen LogP contribution >= 0.6 is 44.2 Å². The van der Waals surface area contributed by atoms with Crippen molar-refractivity contribution in [2.24, 2.45) is 9.98 Å². The number of fused-ring (bicyclic) bond motifs is 9. The normalized spacial score (nSPS) is 12.0. The molecule has 2 aliphatic heterocycles. The van der Waals surface area contributed by atoms with E-state index in [-0.39, 0.29) is 0 Å².